The van der Waals surface area contributed by atoms with E-state index in [0.717, 1.165) is 42.2 Å². The highest BCUT2D eigenvalue weighted by Gasteiger charge is 2.25. The van der Waals surface area contributed by atoms with Crippen LogP contribution in [0.25, 0.3) is 0 Å². The zero-order valence-electron chi connectivity index (χ0n) is 16.6. The second-order valence-electron chi connectivity index (χ2n) is 6.81. The van der Waals surface area contributed by atoms with Crippen LogP contribution in [0.4, 0.5) is 5.00 Å². The Morgan fingerprint density at radius 3 is 2.55 bits per heavy atom. The number of aryl methyl sites for hydroxylation is 1. The van der Waals surface area contributed by atoms with Crippen LogP contribution in [-0.4, -0.2) is 39.9 Å². The number of sulfonamides is 1. The number of methoxy groups -OCH3 is 1. The molecule has 0 saturated heterocycles. The van der Waals surface area contributed by atoms with Crippen LogP contribution in [0.5, 0.6) is 5.75 Å². The van der Waals surface area contributed by atoms with E-state index in [4.69, 9.17) is 20.3 Å². The van der Waals surface area contributed by atoms with Gasteiger partial charge in [0.05, 0.1) is 18.2 Å². The zero-order chi connectivity index (χ0) is 22.8. The van der Waals surface area contributed by atoms with E-state index in [1.807, 2.05) is 0 Å². The van der Waals surface area contributed by atoms with Gasteiger partial charge in [0.25, 0.3) is 11.8 Å². The maximum absolute atomic E-state index is 12.3. The minimum absolute atomic E-state index is 0.0302. The average molecular weight is 468 g/mol. The number of thiophene rings is 1. The van der Waals surface area contributed by atoms with Crippen LogP contribution in [0, 0.1) is 0 Å². The van der Waals surface area contributed by atoms with E-state index in [2.05, 4.69) is 5.32 Å². The molecule has 0 aliphatic heterocycles. The van der Waals surface area contributed by atoms with Gasteiger partial charge in [0, 0.05) is 4.88 Å². The first-order valence-corrected chi connectivity index (χ1v) is 11.6. The van der Waals surface area contributed by atoms with Crippen LogP contribution in [0.2, 0.25) is 0 Å². The highest BCUT2D eigenvalue weighted by atomic mass is 32.2. The Kier molecular flexibility index (Phi) is 6.62. The molecule has 5 N–H and O–H groups in total. The molecule has 12 heteroatoms. The van der Waals surface area contributed by atoms with Crippen molar-refractivity contribution >= 4 is 44.1 Å². The summed E-state index contributed by atoms with van der Waals surface area (Å²) < 4.78 is 33.2. The van der Waals surface area contributed by atoms with Gasteiger partial charge in [0.15, 0.2) is 6.61 Å². The third kappa shape index (κ3) is 5.03. The number of hydrogen-bond acceptors (Lipinski definition) is 8. The Labute approximate surface area is 182 Å². The molecule has 1 aliphatic carbocycles. The summed E-state index contributed by atoms with van der Waals surface area (Å²) in [4.78, 5) is 37.1. The molecule has 0 fully saturated rings. The molecule has 1 aromatic heterocycles. The fourth-order valence-corrected chi connectivity index (χ4v) is 5.35. The molecule has 1 aliphatic rings. The fraction of sp³-hybridized carbons (Fsp3) is 0.316. The Bertz CT molecular complexity index is 1160. The molecule has 31 heavy (non-hydrogen) atoms. The number of anilines is 1. The molecule has 0 atom stereocenters. The van der Waals surface area contributed by atoms with Crippen molar-refractivity contribution < 1.29 is 32.3 Å². The van der Waals surface area contributed by atoms with E-state index in [1.165, 1.54) is 30.6 Å². The first-order valence-electron chi connectivity index (χ1n) is 9.24. The number of primary sulfonamides is 1. The average Bonchev–Trinajstić information content (AvgIpc) is 3.08. The summed E-state index contributed by atoms with van der Waals surface area (Å²) in [7, 11) is -2.88. The number of carbonyl (C=O) groups is 3. The van der Waals surface area contributed by atoms with Gasteiger partial charge in [-0.25, -0.2) is 18.4 Å². The number of benzene rings is 1. The summed E-state index contributed by atoms with van der Waals surface area (Å²) in [6.07, 6.45) is 3.48. The molecular weight excluding hydrogens is 446 g/mol. The van der Waals surface area contributed by atoms with Gasteiger partial charge in [-0.15, -0.1) is 11.3 Å². The molecule has 1 aromatic carbocycles. The maximum Gasteiger partial charge on any atom is 0.338 e. The summed E-state index contributed by atoms with van der Waals surface area (Å²) in [6, 6.07) is 3.55. The highest BCUT2D eigenvalue weighted by molar-refractivity contribution is 7.89. The third-order valence-corrected chi connectivity index (χ3v) is 6.85. The molecule has 2 amide bonds. The lowest BCUT2D eigenvalue weighted by atomic mass is 9.95. The first-order chi connectivity index (χ1) is 14.6. The summed E-state index contributed by atoms with van der Waals surface area (Å²) in [5, 5.41) is 8.04. The molecule has 1 heterocycles. The number of fused-ring (bicyclic) bond motifs is 1. The van der Waals surface area contributed by atoms with E-state index >= 15 is 0 Å². The van der Waals surface area contributed by atoms with E-state index < -0.39 is 34.4 Å². The highest BCUT2D eigenvalue weighted by Crippen LogP contribution is 2.37. The van der Waals surface area contributed by atoms with Crippen molar-refractivity contribution in [1.82, 2.24) is 0 Å². The SMILES string of the molecule is COc1ccc(C(=O)OCC(=O)Nc2sc3c(c2C(N)=O)CCCC3)cc1S(N)(=O)=O. The van der Waals surface area contributed by atoms with Crippen molar-refractivity contribution in [1.29, 1.82) is 0 Å². The van der Waals surface area contributed by atoms with Gasteiger partial charge in [-0.1, -0.05) is 0 Å². The molecule has 166 valence electrons. The van der Waals surface area contributed by atoms with Crippen LogP contribution < -0.4 is 20.9 Å². The third-order valence-electron chi connectivity index (χ3n) is 4.71. The molecular formula is C19H21N3O7S2. The molecule has 10 nitrogen and oxygen atoms in total. The van der Waals surface area contributed by atoms with E-state index in [-0.39, 0.29) is 16.2 Å². The van der Waals surface area contributed by atoms with Gasteiger partial charge >= 0.3 is 5.97 Å². The molecule has 0 spiro atoms. The quantitative estimate of drug-likeness (QED) is 0.514. The molecule has 0 bridgehead atoms. The summed E-state index contributed by atoms with van der Waals surface area (Å²) >= 11 is 1.29. The molecule has 0 radical (unpaired) electrons. The number of esters is 1. The number of nitrogens with one attached hydrogen (secondary N) is 1. The van der Waals surface area contributed by atoms with Crippen LogP contribution in [0.15, 0.2) is 23.1 Å². The van der Waals surface area contributed by atoms with Crippen LogP contribution >= 0.6 is 11.3 Å². The smallest absolute Gasteiger partial charge is 0.338 e. The monoisotopic (exact) mass is 467 g/mol. The van der Waals surface area contributed by atoms with Gasteiger partial charge in [-0.2, -0.15) is 0 Å². The lowest BCUT2D eigenvalue weighted by Crippen LogP contribution is -2.23. The number of rotatable bonds is 7. The van der Waals surface area contributed by atoms with Gasteiger partial charge in [-0.05, 0) is 49.4 Å². The maximum atomic E-state index is 12.3. The minimum atomic E-state index is -4.14. The predicted octanol–water partition coefficient (Wildman–Crippen LogP) is 1.18. The summed E-state index contributed by atoms with van der Waals surface area (Å²) in [5.74, 6) is -2.24. The number of ether oxygens (including phenoxy) is 2. The van der Waals surface area contributed by atoms with Crippen LogP contribution in [-0.2, 0) is 32.4 Å². The standard InChI is InChI=1S/C19H21N3O7S2/c1-28-12-7-6-10(8-14(12)31(21,26)27)19(25)29-9-15(23)22-18-16(17(20)24)11-4-2-3-5-13(11)30-18/h6-8H,2-5,9H2,1H3,(H2,20,24)(H,22,23)(H2,21,26,27). The zero-order valence-corrected chi connectivity index (χ0v) is 18.2. The largest absolute Gasteiger partial charge is 0.495 e. The lowest BCUT2D eigenvalue weighted by Gasteiger charge is -2.11. The predicted molar refractivity (Wildman–Crippen MR) is 113 cm³/mol. The first kappa shape index (κ1) is 22.7. The minimum Gasteiger partial charge on any atom is -0.495 e. The van der Waals surface area contributed by atoms with E-state index in [9.17, 15) is 22.8 Å². The van der Waals surface area contributed by atoms with Crippen molar-refractivity contribution in [2.45, 2.75) is 30.6 Å². The van der Waals surface area contributed by atoms with Crippen molar-refractivity contribution in [3.05, 3.63) is 39.8 Å². The van der Waals surface area contributed by atoms with Gasteiger partial charge in [-0.3, -0.25) is 9.59 Å². The number of hydrogen-bond donors (Lipinski definition) is 3. The number of nitrogens with two attached hydrogens (primary N) is 2. The Morgan fingerprint density at radius 1 is 1.19 bits per heavy atom. The van der Waals surface area contributed by atoms with Crippen molar-refractivity contribution in [2.75, 3.05) is 19.0 Å². The Hall–Kier alpha value is -2.96. The fourth-order valence-electron chi connectivity index (χ4n) is 3.32. The second kappa shape index (κ2) is 9.04. The van der Waals surface area contributed by atoms with Crippen molar-refractivity contribution in [3.63, 3.8) is 0 Å². The van der Waals surface area contributed by atoms with Gasteiger partial charge in [0.2, 0.25) is 10.0 Å². The number of carbonyl (C=O) groups excluding carboxylic acids is 3. The van der Waals surface area contributed by atoms with Crippen molar-refractivity contribution in [2.24, 2.45) is 10.9 Å². The van der Waals surface area contributed by atoms with Gasteiger partial charge in [0.1, 0.15) is 15.6 Å². The number of amides is 2. The Morgan fingerprint density at radius 2 is 1.90 bits per heavy atom. The molecule has 2 aromatic rings. The van der Waals surface area contributed by atoms with E-state index in [0.29, 0.717) is 10.6 Å². The molecule has 3 rings (SSSR count). The summed E-state index contributed by atoms with van der Waals surface area (Å²) in [6.45, 7) is -0.643. The Balaban J connectivity index is 1.70. The van der Waals surface area contributed by atoms with Gasteiger partial charge < -0.3 is 20.5 Å². The molecule has 0 unspecified atom stereocenters. The van der Waals surface area contributed by atoms with Crippen molar-refractivity contribution in [3.8, 4) is 5.75 Å². The van der Waals surface area contributed by atoms with E-state index in [1.54, 1.807) is 0 Å². The lowest BCUT2D eigenvalue weighted by molar-refractivity contribution is -0.119. The normalized spacial score (nSPS) is 13.2. The second-order valence-corrected chi connectivity index (χ2v) is 9.45. The summed E-state index contributed by atoms with van der Waals surface area (Å²) in [5.41, 5.74) is 6.53. The van der Waals surface area contributed by atoms with Crippen LogP contribution in [0.3, 0.4) is 0 Å². The van der Waals surface area contributed by atoms with Crippen LogP contribution in [0.1, 0.15) is 44.0 Å². The number of primary amides is 1. The molecule has 0 saturated carbocycles. The topological polar surface area (TPSA) is 168 Å².